The Hall–Kier alpha value is -3.55. The molecule has 0 aliphatic rings. The summed E-state index contributed by atoms with van der Waals surface area (Å²) in [4.78, 5) is 39.5. The number of hydrogen-bond donors (Lipinski definition) is 1. The van der Waals surface area contributed by atoms with Crippen LogP contribution in [0.3, 0.4) is 0 Å². The van der Waals surface area contributed by atoms with Gasteiger partial charge in [0, 0.05) is 10.4 Å². The van der Waals surface area contributed by atoms with Crippen molar-refractivity contribution in [2.45, 2.75) is 6.04 Å². The summed E-state index contributed by atoms with van der Waals surface area (Å²) in [6.07, 6.45) is 0. The van der Waals surface area contributed by atoms with E-state index in [2.05, 4.69) is 5.32 Å². The molecule has 0 aliphatic carbocycles. The second-order valence-corrected chi connectivity index (χ2v) is 8.78. The van der Waals surface area contributed by atoms with Gasteiger partial charge in [-0.15, -0.1) is 22.7 Å². The molecule has 160 valence electrons. The zero-order valence-electron chi connectivity index (χ0n) is 16.9. The van der Waals surface area contributed by atoms with E-state index in [1.807, 2.05) is 47.8 Å². The fraction of sp³-hybridized carbons (Fsp3) is 0.0800. The van der Waals surface area contributed by atoms with Crippen LogP contribution in [0.5, 0.6) is 0 Å². The van der Waals surface area contributed by atoms with Gasteiger partial charge in [0.05, 0.1) is 16.5 Å². The standard InChI is InChI=1S/C25H19NO4S2/c27-22(26-23(20-12-6-14-31-20)17-8-2-1-3-9-17)16-30-25(29)19-11-5-4-10-18(19)24(28)21-13-7-15-32-21/h1-15,23H,16H2,(H,26,27). The van der Waals surface area contributed by atoms with E-state index >= 15 is 0 Å². The molecule has 4 rings (SSSR count). The van der Waals surface area contributed by atoms with Crippen LogP contribution in [0.15, 0.2) is 89.6 Å². The summed E-state index contributed by atoms with van der Waals surface area (Å²) < 4.78 is 5.26. The van der Waals surface area contributed by atoms with Gasteiger partial charge in [0.2, 0.25) is 5.78 Å². The van der Waals surface area contributed by atoms with Gasteiger partial charge in [-0.1, -0.05) is 60.7 Å². The number of benzene rings is 2. The van der Waals surface area contributed by atoms with Crippen molar-refractivity contribution in [1.29, 1.82) is 0 Å². The van der Waals surface area contributed by atoms with Crippen LogP contribution in [0.25, 0.3) is 0 Å². The Balaban J connectivity index is 1.44. The van der Waals surface area contributed by atoms with E-state index in [-0.39, 0.29) is 23.0 Å². The molecule has 0 bridgehead atoms. The first kappa shape index (κ1) is 21.7. The Bertz CT molecular complexity index is 1200. The minimum atomic E-state index is -0.715. The summed E-state index contributed by atoms with van der Waals surface area (Å²) in [5.74, 6) is -1.39. The minimum Gasteiger partial charge on any atom is -0.452 e. The first-order valence-electron chi connectivity index (χ1n) is 9.85. The lowest BCUT2D eigenvalue weighted by Gasteiger charge is -2.18. The third kappa shape index (κ3) is 5.01. The molecule has 2 heterocycles. The molecule has 0 aliphatic heterocycles. The molecule has 4 aromatic rings. The van der Waals surface area contributed by atoms with Gasteiger partial charge in [0.1, 0.15) is 0 Å². The summed E-state index contributed by atoms with van der Waals surface area (Å²) in [6, 6.07) is 23.1. The lowest BCUT2D eigenvalue weighted by atomic mass is 10.0. The molecule has 0 radical (unpaired) electrons. The number of rotatable bonds is 8. The van der Waals surface area contributed by atoms with Crippen LogP contribution in [0.1, 0.15) is 42.1 Å². The van der Waals surface area contributed by atoms with Crippen molar-refractivity contribution in [3.63, 3.8) is 0 Å². The molecule has 5 nitrogen and oxygen atoms in total. The summed E-state index contributed by atoms with van der Waals surface area (Å²) in [7, 11) is 0. The summed E-state index contributed by atoms with van der Waals surface area (Å²) >= 11 is 2.84. The van der Waals surface area contributed by atoms with Gasteiger partial charge in [-0.25, -0.2) is 4.79 Å². The van der Waals surface area contributed by atoms with Crippen molar-refractivity contribution < 1.29 is 19.1 Å². The topological polar surface area (TPSA) is 72.5 Å². The molecule has 1 unspecified atom stereocenters. The number of amides is 1. The van der Waals surface area contributed by atoms with E-state index < -0.39 is 18.5 Å². The lowest BCUT2D eigenvalue weighted by Crippen LogP contribution is -2.32. The Morgan fingerprint density at radius 2 is 1.47 bits per heavy atom. The average Bonchev–Trinajstić information content (AvgIpc) is 3.56. The van der Waals surface area contributed by atoms with Crippen LogP contribution in [-0.2, 0) is 9.53 Å². The largest absolute Gasteiger partial charge is 0.452 e. The quantitative estimate of drug-likeness (QED) is 0.293. The van der Waals surface area contributed by atoms with Gasteiger partial charge in [-0.05, 0) is 34.5 Å². The van der Waals surface area contributed by atoms with Crippen molar-refractivity contribution in [3.8, 4) is 0 Å². The predicted octanol–water partition coefficient (Wildman–Crippen LogP) is 5.10. The fourth-order valence-corrected chi connectivity index (χ4v) is 4.71. The highest BCUT2D eigenvalue weighted by Gasteiger charge is 2.22. The number of nitrogens with one attached hydrogen (secondary N) is 1. The van der Waals surface area contributed by atoms with Gasteiger partial charge in [-0.2, -0.15) is 0 Å². The molecule has 2 aromatic carbocycles. The number of ether oxygens (including phenoxy) is 1. The smallest absolute Gasteiger partial charge is 0.339 e. The van der Waals surface area contributed by atoms with Crippen LogP contribution in [0.2, 0.25) is 0 Å². The molecular formula is C25H19NO4S2. The van der Waals surface area contributed by atoms with Crippen LogP contribution in [0, 0.1) is 0 Å². The number of esters is 1. The van der Waals surface area contributed by atoms with E-state index in [4.69, 9.17) is 4.74 Å². The minimum absolute atomic E-state index is 0.136. The van der Waals surface area contributed by atoms with E-state index in [1.54, 1.807) is 35.7 Å². The monoisotopic (exact) mass is 461 g/mol. The summed E-state index contributed by atoms with van der Waals surface area (Å²) in [5, 5.41) is 6.68. The van der Waals surface area contributed by atoms with Gasteiger partial charge in [0.15, 0.2) is 6.61 Å². The molecule has 32 heavy (non-hydrogen) atoms. The molecule has 1 amide bonds. The Morgan fingerprint density at radius 1 is 0.781 bits per heavy atom. The highest BCUT2D eigenvalue weighted by Crippen LogP contribution is 2.26. The second kappa shape index (κ2) is 10.2. The average molecular weight is 462 g/mol. The van der Waals surface area contributed by atoms with Crippen molar-refractivity contribution in [3.05, 3.63) is 116 Å². The Labute approximate surface area is 193 Å². The lowest BCUT2D eigenvalue weighted by molar-refractivity contribution is -0.124. The summed E-state index contributed by atoms with van der Waals surface area (Å²) in [5.41, 5.74) is 1.32. The maximum absolute atomic E-state index is 12.7. The molecule has 0 fully saturated rings. The third-order valence-electron chi connectivity index (χ3n) is 4.74. The molecule has 1 atom stereocenters. The van der Waals surface area contributed by atoms with Crippen LogP contribution < -0.4 is 5.32 Å². The number of carbonyl (C=O) groups excluding carboxylic acids is 3. The van der Waals surface area contributed by atoms with Crippen LogP contribution in [-0.4, -0.2) is 24.3 Å². The Kier molecular flexibility index (Phi) is 6.89. The molecule has 2 aromatic heterocycles. The molecule has 0 saturated carbocycles. The van der Waals surface area contributed by atoms with E-state index in [9.17, 15) is 14.4 Å². The number of thiophene rings is 2. The zero-order valence-corrected chi connectivity index (χ0v) is 18.5. The molecule has 0 spiro atoms. The number of hydrogen-bond acceptors (Lipinski definition) is 6. The fourth-order valence-electron chi connectivity index (χ4n) is 3.23. The zero-order chi connectivity index (χ0) is 22.3. The third-order valence-corrected chi connectivity index (χ3v) is 6.54. The molecule has 0 saturated heterocycles. The van der Waals surface area contributed by atoms with Crippen LogP contribution >= 0.6 is 22.7 Å². The van der Waals surface area contributed by atoms with Crippen molar-refractivity contribution >= 4 is 40.3 Å². The maximum Gasteiger partial charge on any atom is 0.339 e. The molecule has 1 N–H and O–H groups in total. The summed E-state index contributed by atoms with van der Waals surface area (Å²) in [6.45, 7) is -0.449. The SMILES string of the molecule is O=C(COC(=O)c1ccccc1C(=O)c1cccs1)NC(c1ccccc1)c1cccs1. The maximum atomic E-state index is 12.7. The predicted molar refractivity (Wildman–Crippen MR) is 125 cm³/mol. The number of ketones is 1. The first-order chi connectivity index (χ1) is 15.6. The molecular weight excluding hydrogens is 442 g/mol. The van der Waals surface area contributed by atoms with Gasteiger partial charge in [0.25, 0.3) is 5.91 Å². The van der Waals surface area contributed by atoms with E-state index in [0.717, 1.165) is 10.4 Å². The highest BCUT2D eigenvalue weighted by molar-refractivity contribution is 7.12. The molecule has 7 heteroatoms. The second-order valence-electron chi connectivity index (χ2n) is 6.85. The van der Waals surface area contributed by atoms with E-state index in [1.165, 1.54) is 28.7 Å². The van der Waals surface area contributed by atoms with E-state index in [0.29, 0.717) is 4.88 Å². The van der Waals surface area contributed by atoms with Crippen LogP contribution in [0.4, 0.5) is 0 Å². The normalized spacial score (nSPS) is 11.5. The highest BCUT2D eigenvalue weighted by atomic mass is 32.1. The number of carbonyl (C=O) groups is 3. The van der Waals surface area contributed by atoms with Crippen molar-refractivity contribution in [1.82, 2.24) is 5.32 Å². The first-order valence-corrected chi connectivity index (χ1v) is 11.6. The van der Waals surface area contributed by atoms with Gasteiger partial charge < -0.3 is 10.1 Å². The van der Waals surface area contributed by atoms with Crippen molar-refractivity contribution in [2.75, 3.05) is 6.61 Å². The van der Waals surface area contributed by atoms with Gasteiger partial charge >= 0.3 is 5.97 Å². The van der Waals surface area contributed by atoms with Gasteiger partial charge in [-0.3, -0.25) is 9.59 Å². The van der Waals surface area contributed by atoms with Crippen molar-refractivity contribution in [2.24, 2.45) is 0 Å². The Morgan fingerprint density at radius 3 is 2.16 bits per heavy atom.